The second kappa shape index (κ2) is 4.41. The summed E-state index contributed by atoms with van der Waals surface area (Å²) in [6, 6.07) is 9.55. The molecule has 18 heavy (non-hydrogen) atoms. The number of fused-ring (bicyclic) bond motifs is 1. The number of thiophene rings is 1. The van der Waals surface area contributed by atoms with Crippen LogP contribution in [0.2, 0.25) is 4.34 Å². The topological polar surface area (TPSA) is 26.3 Å². The molecule has 1 atom stereocenters. The molecule has 2 heterocycles. The molecular formula is C14H11ClO2S. The molecule has 2 nitrogen and oxygen atoms in total. The van der Waals surface area contributed by atoms with Gasteiger partial charge in [0.15, 0.2) is 5.78 Å². The van der Waals surface area contributed by atoms with Gasteiger partial charge in [-0.1, -0.05) is 29.8 Å². The molecule has 3 rings (SSSR count). The predicted octanol–water partition coefficient (Wildman–Crippen LogP) is 4.07. The first-order valence-corrected chi connectivity index (χ1v) is 6.88. The quantitative estimate of drug-likeness (QED) is 0.774. The molecule has 0 N–H and O–H groups in total. The van der Waals surface area contributed by atoms with E-state index in [-0.39, 0.29) is 11.7 Å². The average molecular weight is 279 g/mol. The Morgan fingerprint density at radius 1 is 1.44 bits per heavy atom. The van der Waals surface area contributed by atoms with E-state index in [2.05, 4.69) is 0 Å². The molecule has 0 bridgehead atoms. The zero-order chi connectivity index (χ0) is 12.7. The number of hydrogen-bond acceptors (Lipinski definition) is 3. The van der Waals surface area contributed by atoms with Gasteiger partial charge < -0.3 is 4.74 Å². The summed E-state index contributed by atoms with van der Waals surface area (Å²) in [5.74, 6) is 0.713. The molecule has 92 valence electrons. The third-order valence-electron chi connectivity index (χ3n) is 3.12. The van der Waals surface area contributed by atoms with Crippen molar-refractivity contribution in [3.05, 3.63) is 50.7 Å². The maximum atomic E-state index is 12.4. The van der Waals surface area contributed by atoms with Gasteiger partial charge in [-0.3, -0.25) is 4.79 Å². The van der Waals surface area contributed by atoms with Gasteiger partial charge in [0.2, 0.25) is 0 Å². The number of ether oxygens (including phenoxy) is 1. The summed E-state index contributed by atoms with van der Waals surface area (Å²) in [5, 5.41) is 0. The highest BCUT2D eigenvalue weighted by atomic mass is 35.5. The molecule has 0 saturated heterocycles. The van der Waals surface area contributed by atoms with Crippen molar-refractivity contribution in [3.8, 4) is 5.75 Å². The van der Waals surface area contributed by atoms with Crippen molar-refractivity contribution in [2.24, 2.45) is 0 Å². The van der Waals surface area contributed by atoms with Crippen molar-refractivity contribution in [2.45, 2.75) is 12.8 Å². The molecule has 2 aromatic rings. The number of rotatable bonds is 2. The van der Waals surface area contributed by atoms with Crippen LogP contribution in [0.15, 0.2) is 30.3 Å². The van der Waals surface area contributed by atoms with Crippen LogP contribution in [-0.2, 0) is 0 Å². The lowest BCUT2D eigenvalue weighted by Crippen LogP contribution is -2.12. The van der Waals surface area contributed by atoms with Crippen LogP contribution < -0.4 is 4.74 Å². The van der Waals surface area contributed by atoms with Crippen LogP contribution in [0, 0.1) is 6.92 Å². The molecule has 4 heteroatoms. The average Bonchev–Trinajstić information content (AvgIpc) is 2.93. The van der Waals surface area contributed by atoms with Gasteiger partial charge in [-0.15, -0.1) is 11.3 Å². The van der Waals surface area contributed by atoms with Crippen LogP contribution in [0.5, 0.6) is 5.75 Å². The fourth-order valence-electron chi connectivity index (χ4n) is 2.13. The second-order valence-electron chi connectivity index (χ2n) is 4.33. The van der Waals surface area contributed by atoms with Crippen molar-refractivity contribution in [3.63, 3.8) is 0 Å². The lowest BCUT2D eigenvalue weighted by molar-refractivity contribution is 0.0951. The summed E-state index contributed by atoms with van der Waals surface area (Å²) in [5.41, 5.74) is 1.93. The highest BCUT2D eigenvalue weighted by Gasteiger charge is 2.31. The molecule has 1 unspecified atom stereocenters. The smallest absolute Gasteiger partial charge is 0.183 e. The molecular weight excluding hydrogens is 268 g/mol. The van der Waals surface area contributed by atoms with E-state index >= 15 is 0 Å². The number of carbonyl (C=O) groups excluding carboxylic acids is 1. The monoisotopic (exact) mass is 278 g/mol. The highest BCUT2D eigenvalue weighted by Crippen LogP contribution is 2.37. The van der Waals surface area contributed by atoms with Crippen LogP contribution in [0.25, 0.3) is 0 Å². The van der Waals surface area contributed by atoms with E-state index < -0.39 is 0 Å². The summed E-state index contributed by atoms with van der Waals surface area (Å²) in [6.45, 7) is 2.33. The Morgan fingerprint density at radius 3 is 2.94 bits per heavy atom. The molecule has 0 fully saturated rings. The van der Waals surface area contributed by atoms with Crippen molar-refractivity contribution in [1.29, 1.82) is 0 Å². The van der Waals surface area contributed by atoms with E-state index in [9.17, 15) is 4.79 Å². The number of halogens is 1. The second-order valence-corrected chi connectivity index (χ2v) is 5.99. The Balaban J connectivity index is 1.95. The van der Waals surface area contributed by atoms with Gasteiger partial charge in [-0.2, -0.15) is 0 Å². The Bertz CT molecular complexity index is 599. The Hall–Kier alpha value is -1.32. The van der Waals surface area contributed by atoms with Crippen LogP contribution in [0.4, 0.5) is 0 Å². The zero-order valence-corrected chi connectivity index (χ0v) is 11.3. The van der Waals surface area contributed by atoms with Gasteiger partial charge in [0, 0.05) is 5.56 Å². The van der Waals surface area contributed by atoms with Crippen molar-refractivity contribution < 1.29 is 9.53 Å². The molecule has 0 aliphatic carbocycles. The Labute approximate surface area is 114 Å². The molecule has 1 aromatic carbocycles. The number of aryl methyl sites for hydroxylation is 1. The van der Waals surface area contributed by atoms with Crippen molar-refractivity contribution >= 4 is 28.7 Å². The molecule has 0 radical (unpaired) electrons. The van der Waals surface area contributed by atoms with Crippen molar-refractivity contribution in [2.75, 3.05) is 6.61 Å². The van der Waals surface area contributed by atoms with Gasteiger partial charge in [0.1, 0.15) is 12.4 Å². The Kier molecular flexibility index (Phi) is 2.88. The van der Waals surface area contributed by atoms with E-state index in [1.165, 1.54) is 11.3 Å². The van der Waals surface area contributed by atoms with E-state index in [0.29, 0.717) is 15.8 Å². The highest BCUT2D eigenvalue weighted by molar-refractivity contribution is 7.18. The summed E-state index contributed by atoms with van der Waals surface area (Å²) < 4.78 is 6.23. The minimum absolute atomic E-state index is 0.0972. The Morgan fingerprint density at radius 2 is 2.22 bits per heavy atom. The fraction of sp³-hybridized carbons (Fsp3) is 0.214. The summed E-state index contributed by atoms with van der Waals surface area (Å²) in [4.78, 5) is 13.2. The lowest BCUT2D eigenvalue weighted by Gasteiger charge is -2.05. The van der Waals surface area contributed by atoms with Crippen LogP contribution in [-0.4, -0.2) is 12.4 Å². The van der Waals surface area contributed by atoms with Gasteiger partial charge in [0.25, 0.3) is 0 Å². The third kappa shape index (κ3) is 1.84. The van der Waals surface area contributed by atoms with Crippen molar-refractivity contribution in [1.82, 2.24) is 0 Å². The standard InChI is InChI=1S/C14H11ClO2S/c1-8-6-12(18-14(8)15)13(16)10-7-17-11-5-3-2-4-9(10)11/h2-6,10H,7H2,1H3. The first-order chi connectivity index (χ1) is 8.66. The van der Waals surface area contributed by atoms with Gasteiger partial charge in [0.05, 0.1) is 15.1 Å². The maximum absolute atomic E-state index is 12.4. The normalized spacial score (nSPS) is 17.3. The largest absolute Gasteiger partial charge is 0.492 e. The van der Waals surface area contributed by atoms with Crippen LogP contribution >= 0.6 is 22.9 Å². The summed E-state index contributed by atoms with van der Waals surface area (Å²) in [7, 11) is 0. The predicted molar refractivity (Wildman–Crippen MR) is 73.1 cm³/mol. The minimum atomic E-state index is -0.199. The molecule has 0 amide bonds. The zero-order valence-electron chi connectivity index (χ0n) is 9.77. The van der Waals surface area contributed by atoms with Crippen LogP contribution in [0.1, 0.15) is 26.7 Å². The number of benzene rings is 1. The number of carbonyl (C=O) groups is 1. The fourth-order valence-corrected chi connectivity index (χ4v) is 3.33. The molecule has 0 saturated carbocycles. The minimum Gasteiger partial charge on any atom is -0.492 e. The summed E-state index contributed by atoms with van der Waals surface area (Å²) >= 11 is 7.36. The first-order valence-electron chi connectivity index (χ1n) is 5.68. The summed E-state index contributed by atoms with van der Waals surface area (Å²) in [6.07, 6.45) is 0. The van der Waals surface area contributed by atoms with E-state index in [1.54, 1.807) is 0 Å². The molecule has 0 spiro atoms. The van der Waals surface area contributed by atoms with E-state index in [4.69, 9.17) is 16.3 Å². The van der Waals surface area contributed by atoms with Gasteiger partial charge in [-0.05, 0) is 24.6 Å². The molecule has 1 aliphatic heterocycles. The first kappa shape index (κ1) is 11.8. The lowest BCUT2D eigenvalue weighted by atomic mass is 9.96. The number of ketones is 1. The SMILES string of the molecule is Cc1cc(C(=O)C2COc3ccccc32)sc1Cl. The van der Waals surface area contributed by atoms with E-state index in [1.807, 2.05) is 37.3 Å². The molecule has 1 aromatic heterocycles. The number of hydrogen-bond donors (Lipinski definition) is 0. The number of Topliss-reactive ketones (excluding diaryl/α,β-unsaturated/α-hetero) is 1. The van der Waals surface area contributed by atoms with Crippen LogP contribution in [0.3, 0.4) is 0 Å². The maximum Gasteiger partial charge on any atom is 0.183 e. The van der Waals surface area contributed by atoms with Gasteiger partial charge in [-0.25, -0.2) is 0 Å². The van der Waals surface area contributed by atoms with E-state index in [0.717, 1.165) is 16.9 Å². The third-order valence-corrected chi connectivity index (χ3v) is 4.69. The van der Waals surface area contributed by atoms with Gasteiger partial charge >= 0.3 is 0 Å². The molecule has 1 aliphatic rings. The number of para-hydroxylation sites is 1.